The third-order valence-corrected chi connectivity index (χ3v) is 5.21. The molecule has 29 heavy (non-hydrogen) atoms. The number of halogens is 1. The summed E-state index contributed by atoms with van der Waals surface area (Å²) in [6.45, 7) is 2.15. The molecule has 1 aromatic carbocycles. The van der Waals surface area contributed by atoms with Crippen LogP contribution in [0.15, 0.2) is 24.3 Å². The molecule has 0 radical (unpaired) electrons. The van der Waals surface area contributed by atoms with Gasteiger partial charge in [-0.1, -0.05) is 36.2 Å². The first-order valence-corrected chi connectivity index (χ1v) is 9.77. The molecule has 2 amide bonds. The van der Waals surface area contributed by atoms with Gasteiger partial charge in [0.15, 0.2) is 0 Å². The highest BCUT2D eigenvalue weighted by Gasteiger charge is 2.43. The monoisotopic (exact) mass is 424 g/mol. The minimum absolute atomic E-state index is 0.0210. The fourth-order valence-electron chi connectivity index (χ4n) is 3.41. The normalized spacial score (nSPS) is 19.8. The van der Waals surface area contributed by atoms with Crippen LogP contribution in [0.4, 0.5) is 4.79 Å². The van der Waals surface area contributed by atoms with E-state index in [9.17, 15) is 19.2 Å². The van der Waals surface area contributed by atoms with Crippen molar-refractivity contribution in [3.8, 4) is 0 Å². The van der Waals surface area contributed by atoms with Crippen molar-refractivity contribution >= 4 is 35.4 Å². The zero-order chi connectivity index (χ0) is 21.4. The molecule has 2 atom stereocenters. The van der Waals surface area contributed by atoms with Crippen LogP contribution in [0.25, 0.3) is 0 Å². The third kappa shape index (κ3) is 5.93. The van der Waals surface area contributed by atoms with Crippen LogP contribution in [0.2, 0.25) is 5.02 Å². The predicted octanol–water partition coefficient (Wildman–Crippen LogP) is 2.47. The molecule has 1 fully saturated rings. The summed E-state index contributed by atoms with van der Waals surface area (Å²) in [4.78, 5) is 47.4. The van der Waals surface area contributed by atoms with Crippen LogP contribution < -0.4 is 10.6 Å². The number of esters is 1. The largest absolute Gasteiger partial charge is 0.426 e. The highest BCUT2D eigenvalue weighted by molar-refractivity contribution is 6.31. The summed E-state index contributed by atoms with van der Waals surface area (Å²) in [5, 5.41) is 5.42. The molecule has 1 aliphatic carbocycles. The fraction of sp³-hybridized carbons (Fsp3) is 0.500. The number of benzene rings is 1. The number of hydrogen-bond donors (Lipinski definition) is 2. The quantitative estimate of drug-likeness (QED) is 0.513. The van der Waals surface area contributed by atoms with Crippen LogP contribution in [0, 0.1) is 0 Å². The zero-order valence-corrected chi connectivity index (χ0v) is 17.2. The number of ketones is 1. The number of nitrogens with one attached hydrogen (secondary N) is 2. The SMILES string of the molecule is CC(=O)N[C@@H](C)C(=O)OCOC(=O)NC[C@]1(c2ccccc2Cl)CCCCC1=O. The summed E-state index contributed by atoms with van der Waals surface area (Å²) in [6.07, 6.45) is 1.80. The molecular formula is C20H25ClN2O6. The van der Waals surface area contributed by atoms with Gasteiger partial charge in [-0.15, -0.1) is 0 Å². The molecule has 1 aromatic rings. The standard InChI is InChI=1S/C20H25ClN2O6/c1-13(23-14(2)24)18(26)28-12-29-19(27)22-11-20(10-6-5-9-17(20)25)15-7-3-4-8-16(15)21/h3-4,7-8,13H,5-6,9-12H2,1-2H3,(H,22,27)(H,23,24)/t13-,20-/m0/s1. The second-order valence-electron chi connectivity index (χ2n) is 6.98. The molecule has 8 nitrogen and oxygen atoms in total. The van der Waals surface area contributed by atoms with E-state index in [-0.39, 0.29) is 18.2 Å². The van der Waals surface area contributed by atoms with Gasteiger partial charge in [-0.05, 0) is 31.4 Å². The lowest BCUT2D eigenvalue weighted by Crippen LogP contribution is -2.48. The summed E-state index contributed by atoms with van der Waals surface area (Å²) in [5.74, 6) is -1.09. The van der Waals surface area contributed by atoms with E-state index in [1.807, 2.05) is 0 Å². The van der Waals surface area contributed by atoms with E-state index < -0.39 is 30.3 Å². The molecule has 2 N–H and O–H groups in total. The molecule has 1 saturated carbocycles. The molecule has 1 aliphatic rings. The number of hydrogen-bond acceptors (Lipinski definition) is 6. The van der Waals surface area contributed by atoms with Crippen molar-refractivity contribution in [2.75, 3.05) is 13.3 Å². The van der Waals surface area contributed by atoms with Crippen LogP contribution in [-0.2, 0) is 29.3 Å². The van der Waals surface area contributed by atoms with E-state index in [1.54, 1.807) is 24.3 Å². The topological polar surface area (TPSA) is 111 Å². The number of amides is 2. The number of ether oxygens (including phenoxy) is 2. The maximum atomic E-state index is 12.8. The highest BCUT2D eigenvalue weighted by atomic mass is 35.5. The lowest BCUT2D eigenvalue weighted by Gasteiger charge is -2.36. The van der Waals surface area contributed by atoms with Crippen LogP contribution >= 0.6 is 11.6 Å². The molecule has 9 heteroatoms. The van der Waals surface area contributed by atoms with Crippen LogP contribution in [0.3, 0.4) is 0 Å². The van der Waals surface area contributed by atoms with E-state index in [4.69, 9.17) is 21.1 Å². The first-order chi connectivity index (χ1) is 13.8. The molecule has 2 rings (SSSR count). The number of carbonyl (C=O) groups is 4. The number of alkyl carbamates (subject to hydrolysis) is 1. The van der Waals surface area contributed by atoms with Crippen LogP contribution in [0.5, 0.6) is 0 Å². The Morgan fingerprint density at radius 3 is 2.59 bits per heavy atom. The van der Waals surface area contributed by atoms with Crippen LogP contribution in [-0.4, -0.2) is 43.1 Å². The van der Waals surface area contributed by atoms with Crippen molar-refractivity contribution in [3.05, 3.63) is 34.9 Å². The molecule has 0 aromatic heterocycles. The van der Waals surface area contributed by atoms with Gasteiger partial charge in [0.2, 0.25) is 12.7 Å². The Morgan fingerprint density at radius 2 is 1.93 bits per heavy atom. The smallest absolute Gasteiger partial charge is 0.410 e. The average Bonchev–Trinajstić information content (AvgIpc) is 2.67. The Hall–Kier alpha value is -2.61. The lowest BCUT2D eigenvalue weighted by atomic mass is 9.68. The molecule has 0 unspecified atom stereocenters. The van der Waals surface area contributed by atoms with Crippen molar-refractivity contribution in [1.29, 1.82) is 0 Å². The summed E-state index contributed by atoms with van der Waals surface area (Å²) < 4.78 is 9.65. The van der Waals surface area contributed by atoms with Crippen molar-refractivity contribution in [3.63, 3.8) is 0 Å². The van der Waals surface area contributed by atoms with Gasteiger partial charge in [-0.2, -0.15) is 0 Å². The minimum atomic E-state index is -0.911. The summed E-state index contributed by atoms with van der Waals surface area (Å²) in [6, 6.07) is 6.24. The minimum Gasteiger partial charge on any atom is -0.426 e. The number of carbonyl (C=O) groups excluding carboxylic acids is 4. The second kappa shape index (κ2) is 10.2. The number of Topliss-reactive ketones (excluding diaryl/α,β-unsaturated/α-hetero) is 1. The Balaban J connectivity index is 1.94. The molecule has 0 aliphatic heterocycles. The maximum absolute atomic E-state index is 12.8. The lowest BCUT2D eigenvalue weighted by molar-refractivity contribution is -0.155. The average molecular weight is 425 g/mol. The van der Waals surface area contributed by atoms with E-state index in [1.165, 1.54) is 13.8 Å². The first kappa shape index (κ1) is 22.7. The molecule has 0 bridgehead atoms. The first-order valence-electron chi connectivity index (χ1n) is 9.39. The van der Waals surface area contributed by atoms with Crippen molar-refractivity contribution in [2.24, 2.45) is 0 Å². The summed E-state index contributed by atoms with van der Waals surface area (Å²) in [5.41, 5.74) is -0.228. The van der Waals surface area contributed by atoms with Gasteiger partial charge in [0.25, 0.3) is 0 Å². The Morgan fingerprint density at radius 1 is 1.21 bits per heavy atom. The van der Waals surface area contributed by atoms with Gasteiger partial charge < -0.3 is 20.1 Å². The van der Waals surface area contributed by atoms with Gasteiger partial charge in [-0.3, -0.25) is 9.59 Å². The molecule has 0 saturated heterocycles. The summed E-state index contributed by atoms with van der Waals surface area (Å²) in [7, 11) is 0. The van der Waals surface area contributed by atoms with Crippen molar-refractivity contribution in [2.45, 2.75) is 51.0 Å². The number of rotatable bonds is 7. The molecule has 0 spiro atoms. The van der Waals surface area contributed by atoms with Crippen molar-refractivity contribution < 1.29 is 28.7 Å². The maximum Gasteiger partial charge on any atom is 0.410 e. The van der Waals surface area contributed by atoms with E-state index >= 15 is 0 Å². The van der Waals surface area contributed by atoms with E-state index in [0.717, 1.165) is 12.8 Å². The van der Waals surface area contributed by atoms with Gasteiger partial charge in [-0.25, -0.2) is 9.59 Å². The Bertz CT molecular complexity index is 784. The van der Waals surface area contributed by atoms with Crippen molar-refractivity contribution in [1.82, 2.24) is 10.6 Å². The third-order valence-electron chi connectivity index (χ3n) is 4.88. The molecular weight excluding hydrogens is 400 g/mol. The Labute approximate surface area is 174 Å². The van der Waals surface area contributed by atoms with Gasteiger partial charge in [0, 0.05) is 24.9 Å². The Kier molecular flexibility index (Phi) is 8.01. The highest BCUT2D eigenvalue weighted by Crippen LogP contribution is 2.39. The zero-order valence-electron chi connectivity index (χ0n) is 16.5. The van der Waals surface area contributed by atoms with E-state index in [2.05, 4.69) is 10.6 Å². The fourth-order valence-corrected chi connectivity index (χ4v) is 3.73. The molecule has 158 valence electrons. The summed E-state index contributed by atoms with van der Waals surface area (Å²) >= 11 is 6.33. The van der Waals surface area contributed by atoms with Crippen LogP contribution in [0.1, 0.15) is 45.1 Å². The predicted molar refractivity (Wildman–Crippen MR) is 105 cm³/mol. The van der Waals surface area contributed by atoms with E-state index in [0.29, 0.717) is 23.4 Å². The van der Waals surface area contributed by atoms with Gasteiger partial charge >= 0.3 is 12.1 Å². The van der Waals surface area contributed by atoms with Gasteiger partial charge in [0.1, 0.15) is 11.8 Å². The molecule has 0 heterocycles. The van der Waals surface area contributed by atoms with Gasteiger partial charge in [0.05, 0.1) is 5.41 Å². The second-order valence-corrected chi connectivity index (χ2v) is 7.39.